The van der Waals surface area contributed by atoms with Crippen LogP contribution in [0.25, 0.3) is 0 Å². The summed E-state index contributed by atoms with van der Waals surface area (Å²) in [4.78, 5) is 0. The molecule has 0 unspecified atom stereocenters. The molecular formula is B3S-. The summed E-state index contributed by atoms with van der Waals surface area (Å²) >= 11 is 4.25. The van der Waals surface area contributed by atoms with Crippen LogP contribution in [0.3, 0.4) is 0 Å². The van der Waals surface area contributed by atoms with E-state index >= 15 is 0 Å². The van der Waals surface area contributed by atoms with Crippen molar-refractivity contribution in [2.75, 3.05) is 0 Å². The van der Waals surface area contributed by atoms with Gasteiger partial charge in [-0.1, -0.05) is 0 Å². The van der Waals surface area contributed by atoms with Crippen molar-refractivity contribution in [3.63, 3.8) is 0 Å². The minimum absolute atomic E-state index is 1.31. The van der Waals surface area contributed by atoms with Gasteiger partial charge in [0.1, 0.15) is 0 Å². The van der Waals surface area contributed by atoms with Crippen molar-refractivity contribution >= 4 is 32.9 Å². The molecule has 0 aromatic rings. The fraction of sp³-hybridized carbons (Fsp3) is 0. The summed E-state index contributed by atoms with van der Waals surface area (Å²) in [6.07, 6.45) is 0. The molecule has 0 amide bonds. The van der Waals surface area contributed by atoms with Crippen LogP contribution in [0, 0.1) is 0 Å². The summed E-state index contributed by atoms with van der Waals surface area (Å²) in [5.74, 6) is 0. The van der Waals surface area contributed by atoms with E-state index < -0.39 is 0 Å². The average molecular weight is 64.5 g/mol. The molecule has 0 spiro atoms. The van der Waals surface area contributed by atoms with Crippen molar-refractivity contribution in [3.05, 3.63) is 0 Å². The Kier molecular flexibility index (Phi) is 3.77. The van der Waals surface area contributed by atoms with Crippen LogP contribution in [0.2, 0.25) is 0 Å². The number of rotatable bonds is 1. The van der Waals surface area contributed by atoms with Crippen molar-refractivity contribution in [2.45, 2.75) is 0 Å². The molecule has 0 heterocycles. The van der Waals surface area contributed by atoms with Gasteiger partial charge in [-0.2, -0.15) is 0 Å². The monoisotopic (exact) mass is 65.0 g/mol. The van der Waals surface area contributed by atoms with Gasteiger partial charge in [0, 0.05) is 0 Å². The van der Waals surface area contributed by atoms with Crippen LogP contribution < -0.4 is 0 Å². The van der Waals surface area contributed by atoms with Crippen LogP contribution in [-0.2, 0) is 0 Å². The Labute approximate surface area is 33.7 Å². The van der Waals surface area contributed by atoms with Crippen LogP contribution in [0.4, 0.5) is 0 Å². The van der Waals surface area contributed by atoms with Gasteiger partial charge in [-0.05, 0) is 0 Å². The van der Waals surface area contributed by atoms with E-state index in [4.69, 9.17) is 7.74 Å². The first-order valence-electron chi connectivity index (χ1n) is 0.902. The van der Waals surface area contributed by atoms with Gasteiger partial charge in [0.15, 0.2) is 0 Å². The Hall–Kier alpha value is 0.415. The standard InChI is InChI=1S/B3S/c1-2-3-4/q-1. The second-order valence-electron chi connectivity index (χ2n) is 0.329. The molecule has 0 rings (SSSR count). The fourth-order valence-electron chi connectivity index (χ4n) is 0. The van der Waals surface area contributed by atoms with Gasteiger partial charge in [0.25, 0.3) is 0 Å². The predicted octanol–water partition coefficient (Wildman–Crippen LogP) is -0.494. The molecule has 0 nitrogen and oxygen atoms in total. The molecule has 0 bridgehead atoms. The molecule has 0 saturated carbocycles. The average Bonchev–Trinajstić information content (AvgIpc) is 1.37. The topological polar surface area (TPSA) is 0 Å². The summed E-state index contributed by atoms with van der Waals surface area (Å²) in [6.45, 7) is 0. The van der Waals surface area contributed by atoms with Crippen molar-refractivity contribution in [1.29, 1.82) is 0 Å². The first-order valence-corrected chi connectivity index (χ1v) is 1.37. The van der Waals surface area contributed by atoms with E-state index in [9.17, 15) is 0 Å². The second kappa shape index (κ2) is 3.41. The fourth-order valence-corrected chi connectivity index (χ4v) is 0. The summed E-state index contributed by atoms with van der Waals surface area (Å²) in [7, 11) is 6.06. The van der Waals surface area contributed by atoms with E-state index in [2.05, 4.69) is 12.1 Å². The van der Waals surface area contributed by atoms with E-state index in [1.807, 2.05) is 0 Å². The molecule has 0 aliphatic rings. The summed E-state index contributed by atoms with van der Waals surface area (Å²) in [5.41, 5.74) is 0. The Morgan fingerprint density at radius 1 is 1.75 bits per heavy atom. The molecule has 0 aromatic carbocycles. The van der Waals surface area contributed by atoms with Gasteiger partial charge in [0.2, 0.25) is 0 Å². The SMILES string of the molecule is [B-][B]B=S. The Bertz CT molecular complexity index is 17.2. The van der Waals surface area contributed by atoms with Crippen LogP contribution in [-0.4, -0.2) is 20.8 Å². The Morgan fingerprint density at radius 2 is 2.00 bits per heavy atom. The molecule has 4 heteroatoms. The molecule has 0 aromatic heterocycles. The van der Waals surface area contributed by atoms with Crippen LogP contribution >= 0.6 is 12.1 Å². The first-order chi connectivity index (χ1) is 1.91. The summed E-state index contributed by atoms with van der Waals surface area (Å²) in [5, 5.41) is 0. The van der Waals surface area contributed by atoms with Crippen molar-refractivity contribution in [3.8, 4) is 0 Å². The van der Waals surface area contributed by atoms with E-state index in [1.54, 1.807) is 0 Å². The van der Waals surface area contributed by atoms with Crippen LogP contribution in [0.1, 0.15) is 0 Å². The zero-order chi connectivity index (χ0) is 3.41. The number of hydrogen-bond donors (Lipinski definition) is 0. The quantitative estimate of drug-likeness (QED) is 0.371. The maximum absolute atomic E-state index is 4.74. The normalized spacial score (nSPS) is 4.25. The van der Waals surface area contributed by atoms with E-state index in [1.165, 1.54) is 13.1 Å². The molecular weight excluding hydrogens is 64.5 g/mol. The molecule has 0 saturated heterocycles. The predicted molar refractivity (Wildman–Crippen MR) is 24.9 cm³/mol. The van der Waals surface area contributed by atoms with Gasteiger partial charge in [-0.3, -0.25) is 0 Å². The first kappa shape index (κ1) is 4.41. The summed E-state index contributed by atoms with van der Waals surface area (Å²) in [6, 6.07) is 1.36. The van der Waals surface area contributed by atoms with Crippen LogP contribution in [0.5, 0.6) is 0 Å². The minimum atomic E-state index is 1.31. The molecule has 16 valence electrons. The molecule has 4 heavy (non-hydrogen) atoms. The second-order valence-corrected chi connectivity index (χ2v) is 0.601. The van der Waals surface area contributed by atoms with E-state index in [-0.39, 0.29) is 0 Å². The Balaban J connectivity index is 2.30. The van der Waals surface area contributed by atoms with E-state index in [0.717, 1.165) is 0 Å². The summed E-state index contributed by atoms with van der Waals surface area (Å²) < 4.78 is 0. The molecule has 0 N–H and O–H groups in total. The molecule has 0 aliphatic heterocycles. The maximum atomic E-state index is 4.74. The van der Waals surface area contributed by atoms with Gasteiger partial charge in [-0.25, -0.2) is 0 Å². The number of hydrogen-bond acceptors (Lipinski definition) is 1. The third-order valence-corrected chi connectivity index (χ3v) is 0.236. The molecule has 0 atom stereocenters. The third kappa shape index (κ3) is 2.41. The van der Waals surface area contributed by atoms with E-state index in [0.29, 0.717) is 0 Å². The third-order valence-electron chi connectivity index (χ3n) is 0.0786. The van der Waals surface area contributed by atoms with Gasteiger partial charge < -0.3 is 0 Å². The zero-order valence-electron chi connectivity index (χ0n) is 2.14. The van der Waals surface area contributed by atoms with Gasteiger partial charge in [-0.15, -0.1) is 0 Å². The van der Waals surface area contributed by atoms with Crippen LogP contribution in [0.15, 0.2) is 0 Å². The molecule has 0 aliphatic carbocycles. The molecule has 0 fully saturated rings. The van der Waals surface area contributed by atoms with Crippen molar-refractivity contribution in [1.82, 2.24) is 0 Å². The van der Waals surface area contributed by atoms with Crippen molar-refractivity contribution in [2.24, 2.45) is 0 Å². The zero-order valence-corrected chi connectivity index (χ0v) is 2.96. The molecule has 4 radical (unpaired) electrons. The Morgan fingerprint density at radius 3 is 2.00 bits per heavy atom. The van der Waals surface area contributed by atoms with Crippen molar-refractivity contribution < 1.29 is 0 Å². The van der Waals surface area contributed by atoms with Gasteiger partial charge in [0.05, 0.1) is 0 Å². The van der Waals surface area contributed by atoms with Gasteiger partial charge >= 0.3 is 32.9 Å².